The summed E-state index contributed by atoms with van der Waals surface area (Å²) in [6.45, 7) is 1.93. The van der Waals surface area contributed by atoms with Gasteiger partial charge >= 0.3 is 0 Å². The molecule has 1 aromatic carbocycles. The Bertz CT molecular complexity index is 498. The molecule has 0 aromatic heterocycles. The molecule has 0 aliphatic carbocycles. The highest BCUT2D eigenvalue weighted by molar-refractivity contribution is 6.32. The van der Waals surface area contributed by atoms with Crippen LogP contribution >= 0.6 is 11.6 Å². The Balaban J connectivity index is 2.09. The molecule has 1 aromatic rings. The lowest BCUT2D eigenvalue weighted by molar-refractivity contribution is 0.111. The molecule has 102 valence electrons. The number of nitrogens with one attached hydrogen (secondary N) is 1. The Morgan fingerprint density at radius 1 is 1.26 bits per heavy atom. The van der Waals surface area contributed by atoms with Crippen molar-refractivity contribution in [2.45, 2.75) is 25.3 Å². The molecule has 0 radical (unpaired) electrons. The molecule has 1 saturated heterocycles. The summed E-state index contributed by atoms with van der Waals surface area (Å²) in [5, 5.41) is 4.03. The first-order valence-electron chi connectivity index (χ1n) is 6.62. The SMILES string of the molecule is O=Cc1cc(Cl)c(C2CCCCN2)c2c1OCCO2. The Morgan fingerprint density at radius 2 is 2.05 bits per heavy atom. The van der Waals surface area contributed by atoms with E-state index in [2.05, 4.69) is 5.32 Å². The van der Waals surface area contributed by atoms with Gasteiger partial charge in [-0.2, -0.15) is 0 Å². The molecule has 1 fully saturated rings. The zero-order valence-electron chi connectivity index (χ0n) is 10.6. The van der Waals surface area contributed by atoms with Crippen LogP contribution in [0.25, 0.3) is 0 Å². The average Bonchev–Trinajstić information content (AvgIpc) is 2.47. The lowest BCUT2D eigenvalue weighted by Crippen LogP contribution is -2.28. The number of fused-ring (bicyclic) bond motifs is 1. The van der Waals surface area contributed by atoms with Crippen LogP contribution in [-0.2, 0) is 0 Å². The van der Waals surface area contributed by atoms with Crippen LogP contribution in [0.15, 0.2) is 6.07 Å². The second-order valence-electron chi connectivity index (χ2n) is 4.84. The van der Waals surface area contributed by atoms with E-state index in [9.17, 15) is 4.79 Å². The maximum atomic E-state index is 11.1. The fourth-order valence-electron chi connectivity index (χ4n) is 2.73. The summed E-state index contributed by atoms with van der Waals surface area (Å²) in [7, 11) is 0. The van der Waals surface area contributed by atoms with Crippen LogP contribution in [-0.4, -0.2) is 26.0 Å². The van der Waals surface area contributed by atoms with Gasteiger partial charge in [-0.15, -0.1) is 0 Å². The van der Waals surface area contributed by atoms with Gasteiger partial charge in [-0.05, 0) is 25.5 Å². The van der Waals surface area contributed by atoms with Crippen molar-refractivity contribution >= 4 is 17.9 Å². The summed E-state index contributed by atoms with van der Waals surface area (Å²) in [4.78, 5) is 11.1. The number of ether oxygens (including phenoxy) is 2. The van der Waals surface area contributed by atoms with Crippen LogP contribution in [0, 0.1) is 0 Å². The number of halogens is 1. The number of rotatable bonds is 2. The van der Waals surface area contributed by atoms with Crippen molar-refractivity contribution in [1.29, 1.82) is 0 Å². The monoisotopic (exact) mass is 281 g/mol. The Morgan fingerprint density at radius 3 is 2.74 bits per heavy atom. The number of aldehydes is 1. The zero-order valence-corrected chi connectivity index (χ0v) is 11.3. The van der Waals surface area contributed by atoms with E-state index in [1.165, 1.54) is 12.8 Å². The van der Waals surface area contributed by atoms with Gasteiger partial charge < -0.3 is 14.8 Å². The minimum absolute atomic E-state index is 0.178. The van der Waals surface area contributed by atoms with Gasteiger partial charge in [0.1, 0.15) is 13.2 Å². The Kier molecular flexibility index (Phi) is 3.62. The highest BCUT2D eigenvalue weighted by Gasteiger charge is 2.28. The first-order valence-corrected chi connectivity index (χ1v) is 6.99. The topological polar surface area (TPSA) is 47.6 Å². The van der Waals surface area contributed by atoms with Crippen LogP contribution in [0.2, 0.25) is 5.02 Å². The van der Waals surface area contributed by atoms with Crippen LogP contribution in [0.4, 0.5) is 0 Å². The Hall–Kier alpha value is -1.26. The van der Waals surface area contributed by atoms with E-state index in [1.807, 2.05) is 0 Å². The minimum atomic E-state index is 0.178. The van der Waals surface area contributed by atoms with E-state index in [0.29, 0.717) is 35.3 Å². The molecular formula is C14H16ClNO3. The minimum Gasteiger partial charge on any atom is -0.486 e. The van der Waals surface area contributed by atoms with E-state index in [1.54, 1.807) is 6.07 Å². The quantitative estimate of drug-likeness (QED) is 0.847. The first-order chi connectivity index (χ1) is 9.31. The molecule has 2 aliphatic rings. The lowest BCUT2D eigenvalue weighted by atomic mass is 9.95. The summed E-state index contributed by atoms with van der Waals surface area (Å²) in [5.74, 6) is 1.17. The summed E-state index contributed by atoms with van der Waals surface area (Å²) >= 11 is 6.34. The van der Waals surface area contributed by atoms with E-state index < -0.39 is 0 Å². The van der Waals surface area contributed by atoms with Crippen molar-refractivity contribution in [2.75, 3.05) is 19.8 Å². The predicted octanol–water partition coefficient (Wildman–Crippen LogP) is 2.74. The number of carbonyl (C=O) groups excluding carboxylic acids is 1. The fraction of sp³-hybridized carbons (Fsp3) is 0.500. The molecule has 1 N–H and O–H groups in total. The van der Waals surface area contributed by atoms with Gasteiger partial charge in [0, 0.05) is 11.6 Å². The van der Waals surface area contributed by atoms with Gasteiger partial charge in [-0.1, -0.05) is 18.0 Å². The number of carbonyl (C=O) groups is 1. The van der Waals surface area contributed by atoms with E-state index >= 15 is 0 Å². The lowest BCUT2D eigenvalue weighted by Gasteiger charge is -2.30. The molecule has 3 rings (SSSR count). The van der Waals surface area contributed by atoms with E-state index in [-0.39, 0.29) is 6.04 Å². The third kappa shape index (κ3) is 2.30. The van der Waals surface area contributed by atoms with Crippen molar-refractivity contribution in [3.8, 4) is 11.5 Å². The highest BCUT2D eigenvalue weighted by atomic mass is 35.5. The van der Waals surface area contributed by atoms with Crippen molar-refractivity contribution in [3.63, 3.8) is 0 Å². The first kappa shape index (κ1) is 12.8. The molecule has 0 saturated carbocycles. The molecule has 4 nitrogen and oxygen atoms in total. The molecule has 2 heterocycles. The summed E-state index contributed by atoms with van der Waals surface area (Å²) in [6.07, 6.45) is 4.13. The second kappa shape index (κ2) is 5.39. The molecular weight excluding hydrogens is 266 g/mol. The maximum absolute atomic E-state index is 11.1. The maximum Gasteiger partial charge on any atom is 0.172 e. The van der Waals surface area contributed by atoms with Crippen LogP contribution in [0.1, 0.15) is 41.2 Å². The summed E-state index contributed by atoms with van der Waals surface area (Å²) in [6, 6.07) is 1.85. The molecule has 19 heavy (non-hydrogen) atoms. The van der Waals surface area contributed by atoms with Gasteiger partial charge in [0.25, 0.3) is 0 Å². The average molecular weight is 282 g/mol. The van der Waals surface area contributed by atoms with Crippen molar-refractivity contribution < 1.29 is 14.3 Å². The van der Waals surface area contributed by atoms with Gasteiger partial charge in [-0.25, -0.2) is 0 Å². The zero-order chi connectivity index (χ0) is 13.2. The third-order valence-corrected chi connectivity index (χ3v) is 3.93. The van der Waals surface area contributed by atoms with Crippen molar-refractivity contribution in [3.05, 3.63) is 22.2 Å². The van der Waals surface area contributed by atoms with Crippen molar-refractivity contribution in [1.82, 2.24) is 5.32 Å². The standard InChI is InChI=1S/C14H16ClNO3/c15-10-7-9(8-17)13-14(19-6-5-18-13)12(10)11-3-1-2-4-16-11/h7-8,11,16H,1-6H2. The van der Waals surface area contributed by atoms with Crippen LogP contribution in [0.5, 0.6) is 11.5 Å². The Labute approximate surface area is 117 Å². The second-order valence-corrected chi connectivity index (χ2v) is 5.24. The number of benzene rings is 1. The highest BCUT2D eigenvalue weighted by Crippen LogP contribution is 2.45. The van der Waals surface area contributed by atoms with Gasteiger partial charge in [0.2, 0.25) is 0 Å². The number of piperidine rings is 1. The number of hydrogen-bond donors (Lipinski definition) is 1. The largest absolute Gasteiger partial charge is 0.486 e. The molecule has 0 amide bonds. The normalized spacial score (nSPS) is 22.1. The molecule has 1 unspecified atom stereocenters. The molecule has 1 atom stereocenters. The third-order valence-electron chi connectivity index (χ3n) is 3.61. The number of hydrogen-bond acceptors (Lipinski definition) is 4. The fourth-order valence-corrected chi connectivity index (χ4v) is 3.07. The van der Waals surface area contributed by atoms with Crippen LogP contribution < -0.4 is 14.8 Å². The van der Waals surface area contributed by atoms with E-state index in [0.717, 1.165) is 24.8 Å². The van der Waals surface area contributed by atoms with Gasteiger partial charge in [-0.3, -0.25) is 4.79 Å². The van der Waals surface area contributed by atoms with Crippen molar-refractivity contribution in [2.24, 2.45) is 0 Å². The molecule has 2 aliphatic heterocycles. The summed E-state index contributed by atoms with van der Waals surface area (Å²) in [5.41, 5.74) is 1.39. The smallest absolute Gasteiger partial charge is 0.172 e. The molecule has 5 heteroatoms. The summed E-state index contributed by atoms with van der Waals surface area (Å²) < 4.78 is 11.3. The predicted molar refractivity (Wildman–Crippen MR) is 72.4 cm³/mol. The van der Waals surface area contributed by atoms with Crippen LogP contribution in [0.3, 0.4) is 0 Å². The molecule has 0 spiro atoms. The van der Waals surface area contributed by atoms with Gasteiger partial charge in [0.15, 0.2) is 17.8 Å². The van der Waals surface area contributed by atoms with Gasteiger partial charge in [0.05, 0.1) is 10.6 Å². The molecule has 0 bridgehead atoms. The van der Waals surface area contributed by atoms with E-state index in [4.69, 9.17) is 21.1 Å².